The van der Waals surface area contributed by atoms with Crippen LogP contribution in [0.15, 0.2) is 52.7 Å². The molecule has 0 amide bonds. The highest BCUT2D eigenvalue weighted by Gasteiger charge is 2.11. The van der Waals surface area contributed by atoms with Crippen molar-refractivity contribution in [3.05, 3.63) is 63.2 Å². The lowest BCUT2D eigenvalue weighted by Crippen LogP contribution is -1.87. The fourth-order valence-electron chi connectivity index (χ4n) is 1.49. The molecule has 20 heavy (non-hydrogen) atoms. The zero-order valence-electron chi connectivity index (χ0n) is 10.1. The van der Waals surface area contributed by atoms with Crippen LogP contribution in [0.5, 0.6) is 0 Å². The SMILES string of the molecule is O=Cc1ccc(N=Nc2ccccc2[N+](=O)[O-])cc1Cl. The highest BCUT2D eigenvalue weighted by molar-refractivity contribution is 6.33. The number of nitrogens with zero attached hydrogens (tertiary/aromatic N) is 3. The maximum atomic E-state index is 10.8. The maximum absolute atomic E-state index is 10.8. The number of benzene rings is 2. The van der Waals surface area contributed by atoms with Gasteiger partial charge >= 0.3 is 0 Å². The molecule has 0 aromatic heterocycles. The lowest BCUT2D eigenvalue weighted by atomic mass is 10.2. The van der Waals surface area contributed by atoms with Gasteiger partial charge in [-0.25, -0.2) is 0 Å². The van der Waals surface area contributed by atoms with Crippen molar-refractivity contribution in [2.45, 2.75) is 0 Å². The summed E-state index contributed by atoms with van der Waals surface area (Å²) in [5, 5.41) is 18.8. The van der Waals surface area contributed by atoms with Crippen LogP contribution < -0.4 is 0 Å². The number of hydrogen-bond donors (Lipinski definition) is 0. The largest absolute Gasteiger partial charge is 0.298 e. The number of hydrogen-bond acceptors (Lipinski definition) is 5. The van der Waals surface area contributed by atoms with Gasteiger partial charge in [0, 0.05) is 11.6 Å². The average molecular weight is 290 g/mol. The quantitative estimate of drug-likeness (QED) is 0.360. The second-order valence-electron chi connectivity index (χ2n) is 3.77. The first-order valence-electron chi connectivity index (χ1n) is 5.51. The van der Waals surface area contributed by atoms with E-state index in [1.807, 2.05) is 0 Å². The van der Waals surface area contributed by atoms with E-state index >= 15 is 0 Å². The molecule has 0 saturated carbocycles. The van der Waals surface area contributed by atoms with E-state index in [0.29, 0.717) is 17.5 Å². The molecule has 0 N–H and O–H groups in total. The molecule has 0 unspecified atom stereocenters. The predicted molar refractivity (Wildman–Crippen MR) is 74.1 cm³/mol. The van der Waals surface area contributed by atoms with Gasteiger partial charge in [-0.3, -0.25) is 14.9 Å². The Balaban J connectivity index is 2.32. The second-order valence-corrected chi connectivity index (χ2v) is 4.18. The van der Waals surface area contributed by atoms with Crippen LogP contribution >= 0.6 is 11.6 Å². The van der Waals surface area contributed by atoms with Crippen LogP contribution in [0.4, 0.5) is 17.1 Å². The van der Waals surface area contributed by atoms with Gasteiger partial charge in [-0.05, 0) is 24.3 Å². The number of halogens is 1. The van der Waals surface area contributed by atoms with Gasteiger partial charge in [0.15, 0.2) is 12.0 Å². The molecular weight excluding hydrogens is 282 g/mol. The Morgan fingerprint density at radius 2 is 1.90 bits per heavy atom. The highest BCUT2D eigenvalue weighted by atomic mass is 35.5. The Kier molecular flexibility index (Phi) is 4.17. The summed E-state index contributed by atoms with van der Waals surface area (Å²) in [5.41, 5.74) is 0.759. The van der Waals surface area contributed by atoms with Crippen molar-refractivity contribution in [1.82, 2.24) is 0 Å². The van der Waals surface area contributed by atoms with E-state index in [1.54, 1.807) is 18.2 Å². The molecule has 0 radical (unpaired) electrons. The number of nitro groups is 1. The molecule has 2 aromatic rings. The van der Waals surface area contributed by atoms with Gasteiger partial charge in [0.2, 0.25) is 0 Å². The van der Waals surface area contributed by atoms with Crippen molar-refractivity contribution >= 4 is 34.9 Å². The molecule has 2 rings (SSSR count). The van der Waals surface area contributed by atoms with E-state index in [4.69, 9.17) is 11.6 Å². The third kappa shape index (κ3) is 3.04. The van der Waals surface area contributed by atoms with E-state index in [0.717, 1.165) is 0 Å². The third-order valence-electron chi connectivity index (χ3n) is 2.46. The summed E-state index contributed by atoms with van der Waals surface area (Å²) in [6.07, 6.45) is 0.630. The zero-order valence-corrected chi connectivity index (χ0v) is 10.8. The van der Waals surface area contributed by atoms with Gasteiger partial charge in [-0.15, -0.1) is 5.11 Å². The van der Waals surface area contributed by atoms with Crippen molar-refractivity contribution in [3.8, 4) is 0 Å². The van der Waals surface area contributed by atoms with Crippen molar-refractivity contribution in [2.24, 2.45) is 10.2 Å². The van der Waals surface area contributed by atoms with Gasteiger partial charge < -0.3 is 0 Å². The van der Waals surface area contributed by atoms with Crippen molar-refractivity contribution in [1.29, 1.82) is 0 Å². The van der Waals surface area contributed by atoms with Crippen molar-refractivity contribution in [3.63, 3.8) is 0 Å². The van der Waals surface area contributed by atoms with Crippen molar-refractivity contribution in [2.75, 3.05) is 0 Å². The molecule has 100 valence electrons. The van der Waals surface area contributed by atoms with Gasteiger partial charge in [0.1, 0.15) is 0 Å². The molecule has 0 atom stereocenters. The minimum atomic E-state index is -0.531. The number of carbonyl (C=O) groups is 1. The maximum Gasteiger partial charge on any atom is 0.296 e. The number of nitro benzene ring substituents is 1. The van der Waals surface area contributed by atoms with Gasteiger partial charge in [0.05, 0.1) is 15.6 Å². The molecule has 6 nitrogen and oxygen atoms in total. The van der Waals surface area contributed by atoms with Crippen LogP contribution in [0.3, 0.4) is 0 Å². The zero-order chi connectivity index (χ0) is 14.5. The Labute approximate surface area is 118 Å². The Morgan fingerprint density at radius 1 is 1.15 bits per heavy atom. The summed E-state index contributed by atoms with van der Waals surface area (Å²) in [7, 11) is 0. The van der Waals surface area contributed by atoms with E-state index in [-0.39, 0.29) is 16.4 Å². The van der Waals surface area contributed by atoms with Gasteiger partial charge in [0.25, 0.3) is 5.69 Å². The third-order valence-corrected chi connectivity index (χ3v) is 2.79. The van der Waals surface area contributed by atoms with Crippen molar-refractivity contribution < 1.29 is 9.72 Å². The second kappa shape index (κ2) is 6.03. The van der Waals surface area contributed by atoms with E-state index in [1.165, 1.54) is 24.3 Å². The number of aldehydes is 1. The van der Waals surface area contributed by atoms with E-state index in [9.17, 15) is 14.9 Å². The predicted octanol–water partition coefficient (Wildman–Crippen LogP) is 4.48. The summed E-state index contributed by atoms with van der Waals surface area (Å²) in [6, 6.07) is 10.5. The molecule has 0 fully saturated rings. The fraction of sp³-hybridized carbons (Fsp3) is 0. The molecule has 7 heteroatoms. The summed E-state index contributed by atoms with van der Waals surface area (Å²) < 4.78 is 0. The first kappa shape index (κ1) is 13.8. The summed E-state index contributed by atoms with van der Waals surface area (Å²) >= 11 is 5.85. The molecule has 0 spiro atoms. The molecule has 0 heterocycles. The summed E-state index contributed by atoms with van der Waals surface area (Å²) in [5.74, 6) is 0. The Hall–Kier alpha value is -2.60. The lowest BCUT2D eigenvalue weighted by molar-refractivity contribution is -0.384. The first-order valence-corrected chi connectivity index (χ1v) is 5.89. The molecule has 0 saturated heterocycles. The van der Waals surface area contributed by atoms with E-state index in [2.05, 4.69) is 10.2 Å². The highest BCUT2D eigenvalue weighted by Crippen LogP contribution is 2.29. The number of rotatable bonds is 4. The van der Waals surface area contributed by atoms with Crippen LogP contribution in [0.1, 0.15) is 10.4 Å². The first-order chi connectivity index (χ1) is 9.61. The Bertz CT molecular complexity index is 701. The van der Waals surface area contributed by atoms with Crippen LogP contribution in [0.25, 0.3) is 0 Å². The van der Waals surface area contributed by atoms with Crippen LogP contribution in [-0.4, -0.2) is 11.2 Å². The normalized spacial score (nSPS) is 10.7. The topological polar surface area (TPSA) is 84.9 Å². The minimum absolute atomic E-state index is 0.133. The van der Waals surface area contributed by atoms with Crippen LogP contribution in [0, 0.1) is 10.1 Å². The molecule has 0 aliphatic carbocycles. The monoisotopic (exact) mass is 289 g/mol. The molecule has 2 aromatic carbocycles. The van der Waals surface area contributed by atoms with E-state index < -0.39 is 4.92 Å². The lowest BCUT2D eigenvalue weighted by Gasteiger charge is -1.98. The van der Waals surface area contributed by atoms with Gasteiger partial charge in [-0.2, -0.15) is 5.11 Å². The molecule has 0 bridgehead atoms. The smallest absolute Gasteiger partial charge is 0.296 e. The number of azo groups is 1. The number of carbonyl (C=O) groups excluding carboxylic acids is 1. The molecular formula is C13H8ClN3O3. The standard InChI is InChI=1S/C13H8ClN3O3/c14-11-7-10(6-5-9(11)8-18)15-16-12-3-1-2-4-13(12)17(19)20/h1-8H. The summed E-state index contributed by atoms with van der Waals surface area (Å²) in [4.78, 5) is 20.9. The van der Waals surface area contributed by atoms with Crippen LogP contribution in [0.2, 0.25) is 5.02 Å². The number of para-hydroxylation sites is 1. The fourth-order valence-corrected chi connectivity index (χ4v) is 1.71. The molecule has 0 aliphatic rings. The minimum Gasteiger partial charge on any atom is -0.298 e. The average Bonchev–Trinajstić information content (AvgIpc) is 2.45. The molecule has 0 aliphatic heterocycles. The van der Waals surface area contributed by atoms with Gasteiger partial charge in [-0.1, -0.05) is 23.7 Å². The summed E-state index contributed by atoms with van der Waals surface area (Å²) in [6.45, 7) is 0. The van der Waals surface area contributed by atoms with Crippen LogP contribution in [-0.2, 0) is 0 Å². The Morgan fingerprint density at radius 3 is 2.55 bits per heavy atom.